The van der Waals surface area contributed by atoms with Crippen LogP contribution in [-0.2, 0) is 0 Å². The van der Waals surface area contributed by atoms with Gasteiger partial charge in [-0.2, -0.15) is 0 Å². The van der Waals surface area contributed by atoms with Crippen molar-refractivity contribution in [1.29, 1.82) is 0 Å². The Labute approximate surface area is 106 Å². The van der Waals surface area contributed by atoms with Gasteiger partial charge in [-0.25, -0.2) is 0 Å². The summed E-state index contributed by atoms with van der Waals surface area (Å²) >= 11 is 0. The van der Waals surface area contributed by atoms with Crippen molar-refractivity contribution in [2.45, 2.75) is 33.7 Å². The zero-order valence-electron chi connectivity index (χ0n) is 11.5. The first kappa shape index (κ1) is 15.7. The van der Waals surface area contributed by atoms with Crippen LogP contribution in [0.15, 0.2) is 48.9 Å². The number of allylic oxidation sites excluding steroid dienone is 3. The SMILES string of the molecule is C=CC(=C)N/C=C\C=C(\C(C)N)C(C)C(C)C. The van der Waals surface area contributed by atoms with Gasteiger partial charge >= 0.3 is 0 Å². The molecule has 0 aliphatic heterocycles. The molecular weight excluding hydrogens is 208 g/mol. The third-order valence-electron chi connectivity index (χ3n) is 2.95. The maximum Gasteiger partial charge on any atom is 0.0300 e. The molecule has 17 heavy (non-hydrogen) atoms. The molecule has 96 valence electrons. The molecule has 2 atom stereocenters. The van der Waals surface area contributed by atoms with Gasteiger partial charge in [0.2, 0.25) is 0 Å². The maximum atomic E-state index is 5.99. The molecule has 0 saturated carbocycles. The quantitative estimate of drug-likeness (QED) is 0.663. The molecule has 0 heterocycles. The average Bonchev–Trinajstić information content (AvgIpc) is 2.27. The van der Waals surface area contributed by atoms with Gasteiger partial charge in [0.05, 0.1) is 0 Å². The van der Waals surface area contributed by atoms with Gasteiger partial charge in [-0.1, -0.05) is 45.6 Å². The zero-order valence-corrected chi connectivity index (χ0v) is 11.5. The van der Waals surface area contributed by atoms with Crippen molar-refractivity contribution in [2.75, 3.05) is 0 Å². The van der Waals surface area contributed by atoms with Gasteiger partial charge in [-0.3, -0.25) is 0 Å². The third-order valence-corrected chi connectivity index (χ3v) is 2.95. The summed E-state index contributed by atoms with van der Waals surface area (Å²) in [5.74, 6) is 1.08. The van der Waals surface area contributed by atoms with E-state index in [1.54, 1.807) is 6.08 Å². The summed E-state index contributed by atoms with van der Waals surface area (Å²) in [6.07, 6.45) is 7.57. The highest BCUT2D eigenvalue weighted by Crippen LogP contribution is 2.21. The van der Waals surface area contributed by atoms with Crippen molar-refractivity contribution < 1.29 is 0 Å². The Bertz CT molecular complexity index is 309. The van der Waals surface area contributed by atoms with Crippen molar-refractivity contribution >= 4 is 0 Å². The zero-order chi connectivity index (χ0) is 13.4. The molecule has 0 saturated heterocycles. The molecule has 0 amide bonds. The van der Waals surface area contributed by atoms with Crippen LogP contribution in [0.25, 0.3) is 0 Å². The fourth-order valence-corrected chi connectivity index (χ4v) is 1.48. The van der Waals surface area contributed by atoms with Crippen LogP contribution >= 0.6 is 0 Å². The fraction of sp³-hybridized carbons (Fsp3) is 0.467. The molecule has 0 aromatic rings. The average molecular weight is 234 g/mol. The topological polar surface area (TPSA) is 38.0 Å². The Morgan fingerprint density at radius 1 is 1.24 bits per heavy atom. The minimum Gasteiger partial charge on any atom is -0.362 e. The largest absolute Gasteiger partial charge is 0.362 e. The van der Waals surface area contributed by atoms with Crippen molar-refractivity contribution in [2.24, 2.45) is 17.6 Å². The molecule has 0 aromatic heterocycles. The number of nitrogens with two attached hydrogens (primary N) is 1. The Hall–Kier alpha value is -1.28. The van der Waals surface area contributed by atoms with E-state index in [-0.39, 0.29) is 6.04 Å². The third kappa shape index (κ3) is 6.12. The molecule has 0 bridgehead atoms. The Balaban J connectivity index is 4.61. The van der Waals surface area contributed by atoms with Crippen LogP contribution in [0.5, 0.6) is 0 Å². The number of nitrogens with one attached hydrogen (secondary N) is 1. The molecule has 0 radical (unpaired) electrons. The van der Waals surface area contributed by atoms with Gasteiger partial charge in [-0.05, 0) is 30.9 Å². The molecule has 0 aliphatic carbocycles. The van der Waals surface area contributed by atoms with Crippen LogP contribution in [0.3, 0.4) is 0 Å². The normalized spacial score (nSPS) is 16.0. The van der Waals surface area contributed by atoms with Gasteiger partial charge in [0.25, 0.3) is 0 Å². The lowest BCUT2D eigenvalue weighted by molar-refractivity contribution is 0.458. The molecule has 0 rings (SSSR count). The number of hydrogen-bond donors (Lipinski definition) is 2. The summed E-state index contributed by atoms with van der Waals surface area (Å²) in [7, 11) is 0. The summed E-state index contributed by atoms with van der Waals surface area (Å²) in [5.41, 5.74) is 8.04. The van der Waals surface area contributed by atoms with E-state index >= 15 is 0 Å². The first-order valence-electron chi connectivity index (χ1n) is 6.10. The van der Waals surface area contributed by atoms with Gasteiger partial charge in [0.1, 0.15) is 0 Å². The lowest BCUT2D eigenvalue weighted by Gasteiger charge is -2.22. The first-order chi connectivity index (χ1) is 7.90. The maximum absolute atomic E-state index is 5.99. The molecule has 0 spiro atoms. The highest BCUT2D eigenvalue weighted by atomic mass is 14.8. The summed E-state index contributed by atoms with van der Waals surface area (Å²) in [6.45, 7) is 16.0. The summed E-state index contributed by atoms with van der Waals surface area (Å²) in [4.78, 5) is 0. The number of hydrogen-bond acceptors (Lipinski definition) is 2. The molecule has 0 aromatic carbocycles. The second kappa shape index (κ2) is 7.91. The van der Waals surface area contributed by atoms with Crippen molar-refractivity contribution in [3.63, 3.8) is 0 Å². The minimum absolute atomic E-state index is 0.0830. The van der Waals surface area contributed by atoms with Crippen LogP contribution in [0.2, 0.25) is 0 Å². The summed E-state index contributed by atoms with van der Waals surface area (Å²) in [6, 6.07) is 0.0830. The fourth-order valence-electron chi connectivity index (χ4n) is 1.48. The summed E-state index contributed by atoms with van der Waals surface area (Å²) in [5, 5.41) is 3.02. The second-order valence-corrected chi connectivity index (χ2v) is 4.72. The minimum atomic E-state index is 0.0830. The molecule has 0 fully saturated rings. The van der Waals surface area contributed by atoms with E-state index in [2.05, 4.69) is 45.3 Å². The van der Waals surface area contributed by atoms with Crippen molar-refractivity contribution in [3.8, 4) is 0 Å². The standard InChI is InChI=1S/C15H26N2/c1-7-12(4)17-10-8-9-15(14(6)16)13(5)11(2)3/h7-11,13-14,17H,1,4,16H2,2-3,5-6H3/b10-8-,15-9+. The van der Waals surface area contributed by atoms with E-state index in [0.29, 0.717) is 11.8 Å². The molecule has 0 aliphatic rings. The van der Waals surface area contributed by atoms with Crippen LogP contribution in [-0.4, -0.2) is 6.04 Å². The van der Waals surface area contributed by atoms with Gasteiger partial charge in [0.15, 0.2) is 0 Å². The predicted molar refractivity (Wildman–Crippen MR) is 77.3 cm³/mol. The van der Waals surface area contributed by atoms with E-state index in [9.17, 15) is 0 Å². The Kier molecular flexibility index (Phi) is 7.31. The first-order valence-corrected chi connectivity index (χ1v) is 6.10. The predicted octanol–water partition coefficient (Wildman–Crippen LogP) is 3.36. The highest BCUT2D eigenvalue weighted by Gasteiger charge is 2.15. The van der Waals surface area contributed by atoms with Crippen LogP contribution in [0.4, 0.5) is 0 Å². The molecule has 2 heteroatoms. The number of rotatable bonds is 7. The summed E-state index contributed by atoms with van der Waals surface area (Å²) < 4.78 is 0. The smallest absolute Gasteiger partial charge is 0.0300 e. The van der Waals surface area contributed by atoms with Gasteiger partial charge in [-0.15, -0.1) is 0 Å². The van der Waals surface area contributed by atoms with E-state index < -0.39 is 0 Å². The molecular formula is C15H26N2. The second-order valence-electron chi connectivity index (χ2n) is 4.72. The lowest BCUT2D eigenvalue weighted by atomic mass is 9.86. The lowest BCUT2D eigenvalue weighted by Crippen LogP contribution is -2.24. The highest BCUT2D eigenvalue weighted by molar-refractivity contribution is 5.21. The van der Waals surface area contributed by atoms with Gasteiger partial charge in [0, 0.05) is 17.9 Å². The van der Waals surface area contributed by atoms with E-state index in [0.717, 1.165) is 5.70 Å². The van der Waals surface area contributed by atoms with Gasteiger partial charge < -0.3 is 11.1 Å². The Morgan fingerprint density at radius 3 is 2.24 bits per heavy atom. The van der Waals surface area contributed by atoms with Crippen LogP contribution in [0.1, 0.15) is 27.7 Å². The van der Waals surface area contributed by atoms with Crippen LogP contribution in [0, 0.1) is 11.8 Å². The molecule has 3 N–H and O–H groups in total. The van der Waals surface area contributed by atoms with Crippen molar-refractivity contribution in [3.05, 3.63) is 48.9 Å². The Morgan fingerprint density at radius 2 is 1.82 bits per heavy atom. The van der Waals surface area contributed by atoms with E-state index in [4.69, 9.17) is 5.73 Å². The van der Waals surface area contributed by atoms with E-state index in [1.165, 1.54) is 5.57 Å². The van der Waals surface area contributed by atoms with Crippen LogP contribution < -0.4 is 11.1 Å². The molecule has 2 nitrogen and oxygen atoms in total. The van der Waals surface area contributed by atoms with Crippen molar-refractivity contribution in [1.82, 2.24) is 5.32 Å². The monoisotopic (exact) mass is 234 g/mol. The molecule has 2 unspecified atom stereocenters. The van der Waals surface area contributed by atoms with E-state index in [1.807, 2.05) is 19.2 Å².